The van der Waals surface area contributed by atoms with Crippen LogP contribution in [0.5, 0.6) is 5.19 Å². The topological polar surface area (TPSA) is 65.2 Å². The first-order valence-corrected chi connectivity index (χ1v) is 3.78. The summed E-state index contributed by atoms with van der Waals surface area (Å²) in [4.78, 5) is 15.1. The highest BCUT2D eigenvalue weighted by Gasteiger charge is 2.11. The number of carbonyl (C=O) groups is 1. The second-order valence-electron chi connectivity index (χ2n) is 1.96. The molecule has 1 aromatic heterocycles. The number of amides is 1. The average molecular weight is 172 g/mol. The number of aromatic nitrogens is 1. The van der Waals surface area contributed by atoms with Crippen LogP contribution in [0.25, 0.3) is 0 Å². The average Bonchev–Trinajstić information content (AvgIpc) is 2.30. The second-order valence-corrected chi connectivity index (χ2v) is 2.92. The Morgan fingerprint density at radius 1 is 1.73 bits per heavy atom. The summed E-state index contributed by atoms with van der Waals surface area (Å²) in [5.74, 6) is -0.455. The minimum absolute atomic E-state index is 0.455. The lowest BCUT2D eigenvalue weighted by Gasteiger charge is -1.86. The molecule has 1 aromatic rings. The van der Waals surface area contributed by atoms with Crippen LogP contribution in [0.15, 0.2) is 0 Å². The summed E-state index contributed by atoms with van der Waals surface area (Å²) >= 11 is 1.16. The molecule has 0 aliphatic carbocycles. The molecular weight excluding hydrogens is 164 g/mol. The van der Waals surface area contributed by atoms with E-state index >= 15 is 0 Å². The molecule has 0 fully saturated rings. The van der Waals surface area contributed by atoms with E-state index in [0.717, 1.165) is 11.3 Å². The highest BCUT2D eigenvalue weighted by Crippen LogP contribution is 2.23. The van der Waals surface area contributed by atoms with Crippen molar-refractivity contribution in [2.45, 2.75) is 6.92 Å². The van der Waals surface area contributed by atoms with Crippen LogP contribution >= 0.6 is 11.3 Å². The van der Waals surface area contributed by atoms with Gasteiger partial charge in [0.2, 0.25) is 0 Å². The third kappa shape index (κ3) is 1.48. The Hall–Kier alpha value is -1.10. The van der Waals surface area contributed by atoms with Crippen molar-refractivity contribution < 1.29 is 9.53 Å². The van der Waals surface area contributed by atoms with Crippen LogP contribution in [0.3, 0.4) is 0 Å². The Morgan fingerprint density at radius 2 is 2.36 bits per heavy atom. The SMILES string of the molecule is COc1nc(C)c(C(N)=O)s1. The van der Waals surface area contributed by atoms with Gasteiger partial charge in [-0.2, -0.15) is 0 Å². The van der Waals surface area contributed by atoms with Gasteiger partial charge in [-0.1, -0.05) is 11.3 Å². The number of primary amides is 1. The van der Waals surface area contributed by atoms with Crippen molar-refractivity contribution in [3.63, 3.8) is 0 Å². The van der Waals surface area contributed by atoms with Crippen LogP contribution in [0.4, 0.5) is 0 Å². The molecular formula is C6H8N2O2S. The maximum absolute atomic E-state index is 10.7. The highest BCUT2D eigenvalue weighted by atomic mass is 32.1. The van der Waals surface area contributed by atoms with Crippen LogP contribution in [-0.4, -0.2) is 18.0 Å². The number of rotatable bonds is 2. The standard InChI is InChI=1S/C6H8N2O2S/c1-3-4(5(7)9)11-6(8-3)10-2/h1-2H3,(H2,7,9). The van der Waals surface area contributed by atoms with E-state index in [2.05, 4.69) is 4.98 Å². The van der Waals surface area contributed by atoms with E-state index < -0.39 is 5.91 Å². The van der Waals surface area contributed by atoms with Gasteiger partial charge in [0.1, 0.15) is 4.88 Å². The number of hydrogen-bond acceptors (Lipinski definition) is 4. The van der Waals surface area contributed by atoms with E-state index in [9.17, 15) is 4.79 Å². The van der Waals surface area contributed by atoms with Crippen LogP contribution in [-0.2, 0) is 0 Å². The molecule has 1 amide bonds. The monoisotopic (exact) mass is 172 g/mol. The summed E-state index contributed by atoms with van der Waals surface area (Å²) in [6, 6.07) is 0. The lowest BCUT2D eigenvalue weighted by Crippen LogP contribution is -2.09. The molecule has 5 heteroatoms. The molecule has 0 unspecified atom stereocenters. The molecule has 0 saturated carbocycles. The lowest BCUT2D eigenvalue weighted by molar-refractivity contribution is 0.100. The predicted octanol–water partition coefficient (Wildman–Crippen LogP) is 0.559. The molecule has 0 atom stereocenters. The fraction of sp³-hybridized carbons (Fsp3) is 0.333. The van der Waals surface area contributed by atoms with E-state index in [4.69, 9.17) is 10.5 Å². The molecule has 0 spiro atoms. The van der Waals surface area contributed by atoms with Gasteiger partial charge in [-0.25, -0.2) is 4.98 Å². The molecule has 0 radical (unpaired) electrons. The first kappa shape index (κ1) is 8.00. The zero-order chi connectivity index (χ0) is 8.43. The van der Waals surface area contributed by atoms with Crippen LogP contribution in [0.1, 0.15) is 15.4 Å². The molecule has 11 heavy (non-hydrogen) atoms. The first-order chi connectivity index (χ1) is 5.15. The van der Waals surface area contributed by atoms with Crippen molar-refractivity contribution in [2.24, 2.45) is 5.73 Å². The number of hydrogen-bond donors (Lipinski definition) is 1. The minimum Gasteiger partial charge on any atom is -0.473 e. The Balaban J connectivity index is 3.07. The molecule has 0 bridgehead atoms. The molecule has 1 rings (SSSR count). The Kier molecular flexibility index (Phi) is 2.09. The number of ether oxygens (including phenoxy) is 1. The van der Waals surface area contributed by atoms with Crippen LogP contribution in [0, 0.1) is 6.92 Å². The number of nitrogens with two attached hydrogens (primary N) is 1. The van der Waals surface area contributed by atoms with Crippen molar-refractivity contribution in [1.82, 2.24) is 4.98 Å². The molecule has 60 valence electrons. The van der Waals surface area contributed by atoms with E-state index in [0.29, 0.717) is 15.8 Å². The number of aryl methyl sites for hydroxylation is 1. The predicted molar refractivity (Wildman–Crippen MR) is 41.9 cm³/mol. The van der Waals surface area contributed by atoms with Gasteiger partial charge in [0, 0.05) is 0 Å². The van der Waals surface area contributed by atoms with Crippen LogP contribution in [0.2, 0.25) is 0 Å². The maximum Gasteiger partial charge on any atom is 0.273 e. The zero-order valence-corrected chi connectivity index (χ0v) is 7.07. The number of carbonyl (C=O) groups excluding carboxylic acids is 1. The fourth-order valence-corrected chi connectivity index (χ4v) is 1.42. The van der Waals surface area contributed by atoms with Gasteiger partial charge in [-0.3, -0.25) is 4.79 Å². The van der Waals surface area contributed by atoms with E-state index in [1.165, 1.54) is 7.11 Å². The van der Waals surface area contributed by atoms with Crippen molar-refractivity contribution >= 4 is 17.2 Å². The smallest absolute Gasteiger partial charge is 0.273 e. The van der Waals surface area contributed by atoms with Crippen molar-refractivity contribution in [3.8, 4) is 5.19 Å². The summed E-state index contributed by atoms with van der Waals surface area (Å²) in [6.45, 7) is 1.72. The summed E-state index contributed by atoms with van der Waals surface area (Å²) in [5, 5.41) is 0.469. The third-order valence-corrected chi connectivity index (χ3v) is 2.31. The van der Waals surface area contributed by atoms with Crippen molar-refractivity contribution in [2.75, 3.05) is 7.11 Å². The van der Waals surface area contributed by atoms with Gasteiger partial charge >= 0.3 is 0 Å². The normalized spacial score (nSPS) is 9.64. The summed E-state index contributed by atoms with van der Waals surface area (Å²) in [6.07, 6.45) is 0. The molecule has 1 heterocycles. The first-order valence-electron chi connectivity index (χ1n) is 2.96. The largest absolute Gasteiger partial charge is 0.473 e. The number of methoxy groups -OCH3 is 1. The zero-order valence-electron chi connectivity index (χ0n) is 6.25. The molecule has 2 N–H and O–H groups in total. The van der Waals surface area contributed by atoms with E-state index in [1.54, 1.807) is 6.92 Å². The molecule has 0 aromatic carbocycles. The molecule has 0 saturated heterocycles. The van der Waals surface area contributed by atoms with Gasteiger partial charge in [-0.15, -0.1) is 0 Å². The lowest BCUT2D eigenvalue weighted by atomic mass is 10.4. The maximum atomic E-state index is 10.7. The minimum atomic E-state index is -0.455. The Morgan fingerprint density at radius 3 is 2.64 bits per heavy atom. The number of thiazole rings is 1. The fourth-order valence-electron chi connectivity index (χ4n) is 0.688. The summed E-state index contributed by atoms with van der Waals surface area (Å²) in [5.41, 5.74) is 5.68. The van der Waals surface area contributed by atoms with E-state index in [-0.39, 0.29) is 0 Å². The third-order valence-electron chi connectivity index (χ3n) is 1.18. The quantitative estimate of drug-likeness (QED) is 0.708. The van der Waals surface area contributed by atoms with Gasteiger partial charge in [0.05, 0.1) is 12.8 Å². The summed E-state index contributed by atoms with van der Waals surface area (Å²) in [7, 11) is 1.50. The second kappa shape index (κ2) is 2.87. The molecule has 0 aliphatic heterocycles. The van der Waals surface area contributed by atoms with Gasteiger partial charge in [0.15, 0.2) is 0 Å². The van der Waals surface area contributed by atoms with Crippen molar-refractivity contribution in [1.29, 1.82) is 0 Å². The van der Waals surface area contributed by atoms with E-state index in [1.807, 2.05) is 0 Å². The summed E-state index contributed by atoms with van der Waals surface area (Å²) < 4.78 is 4.83. The number of nitrogens with zero attached hydrogens (tertiary/aromatic N) is 1. The Bertz CT molecular complexity index is 282. The van der Waals surface area contributed by atoms with Gasteiger partial charge < -0.3 is 10.5 Å². The van der Waals surface area contributed by atoms with Gasteiger partial charge in [0.25, 0.3) is 11.1 Å². The Labute approximate surface area is 68.0 Å². The molecule has 4 nitrogen and oxygen atoms in total. The van der Waals surface area contributed by atoms with Crippen LogP contribution < -0.4 is 10.5 Å². The molecule has 0 aliphatic rings. The highest BCUT2D eigenvalue weighted by molar-refractivity contribution is 7.15. The van der Waals surface area contributed by atoms with Gasteiger partial charge in [-0.05, 0) is 6.92 Å². The van der Waals surface area contributed by atoms with Crippen molar-refractivity contribution in [3.05, 3.63) is 10.6 Å².